The molecule has 0 saturated carbocycles. The number of fused-ring (bicyclic) bond motifs is 1. The van der Waals surface area contributed by atoms with E-state index in [0.29, 0.717) is 21.6 Å². The molecule has 2 nitrogen and oxygen atoms in total. The molecule has 2 aromatic carbocycles. The van der Waals surface area contributed by atoms with E-state index in [4.69, 9.17) is 23.2 Å². The Kier molecular flexibility index (Phi) is 6.09. The van der Waals surface area contributed by atoms with Crippen molar-refractivity contribution in [2.24, 2.45) is 0 Å². The first kappa shape index (κ1) is 17.7. The van der Waals surface area contributed by atoms with Gasteiger partial charge in [0.1, 0.15) is 0 Å². The molecule has 0 aliphatic heterocycles. The van der Waals surface area contributed by atoms with Crippen LogP contribution < -0.4 is 5.32 Å². The number of amides is 1. The molecule has 3 rings (SSSR count). The minimum absolute atomic E-state index is 0.0601. The zero-order valence-corrected chi connectivity index (χ0v) is 15.6. The van der Waals surface area contributed by atoms with E-state index in [2.05, 4.69) is 23.5 Å². The summed E-state index contributed by atoms with van der Waals surface area (Å²) in [5, 5.41) is 4.46. The van der Waals surface area contributed by atoms with Gasteiger partial charge in [0.2, 0.25) is 5.91 Å². The van der Waals surface area contributed by atoms with Crippen molar-refractivity contribution in [3.05, 3.63) is 69.2 Å². The van der Waals surface area contributed by atoms with E-state index in [0.717, 1.165) is 24.8 Å². The molecule has 2 aromatic rings. The van der Waals surface area contributed by atoms with Gasteiger partial charge in [0.25, 0.3) is 0 Å². The van der Waals surface area contributed by atoms with E-state index < -0.39 is 0 Å². The molecule has 1 atom stereocenters. The van der Waals surface area contributed by atoms with Crippen molar-refractivity contribution in [1.82, 2.24) is 5.32 Å². The Morgan fingerprint density at radius 3 is 2.67 bits per heavy atom. The van der Waals surface area contributed by atoms with Crippen molar-refractivity contribution < 1.29 is 4.79 Å². The zero-order chi connectivity index (χ0) is 16.9. The Bertz CT molecular complexity index is 715. The number of benzene rings is 2. The number of aryl methyl sites for hydroxylation is 1. The van der Waals surface area contributed by atoms with Gasteiger partial charge in [-0.15, -0.1) is 11.8 Å². The Morgan fingerprint density at radius 2 is 1.88 bits per heavy atom. The summed E-state index contributed by atoms with van der Waals surface area (Å²) in [7, 11) is 0. The zero-order valence-electron chi connectivity index (χ0n) is 13.2. The summed E-state index contributed by atoms with van der Waals surface area (Å²) in [6.45, 7) is 0. The van der Waals surface area contributed by atoms with Crippen LogP contribution in [0.15, 0.2) is 42.5 Å². The fourth-order valence-electron chi connectivity index (χ4n) is 3.06. The van der Waals surface area contributed by atoms with Gasteiger partial charge >= 0.3 is 0 Å². The van der Waals surface area contributed by atoms with Gasteiger partial charge in [-0.05, 0) is 48.1 Å². The maximum absolute atomic E-state index is 12.3. The highest BCUT2D eigenvalue weighted by molar-refractivity contribution is 7.99. The van der Waals surface area contributed by atoms with Crippen LogP contribution in [-0.4, -0.2) is 11.7 Å². The Hall–Kier alpha value is -1.16. The van der Waals surface area contributed by atoms with Gasteiger partial charge in [-0.3, -0.25) is 4.79 Å². The highest BCUT2D eigenvalue weighted by atomic mass is 35.5. The van der Waals surface area contributed by atoms with Crippen molar-refractivity contribution in [3.63, 3.8) is 0 Å². The topological polar surface area (TPSA) is 29.1 Å². The molecule has 5 heteroatoms. The van der Waals surface area contributed by atoms with Crippen LogP contribution in [0, 0.1) is 0 Å². The molecule has 0 radical (unpaired) electrons. The fraction of sp³-hybridized carbons (Fsp3) is 0.316. The van der Waals surface area contributed by atoms with Crippen molar-refractivity contribution >= 4 is 40.9 Å². The van der Waals surface area contributed by atoms with Crippen LogP contribution >= 0.6 is 35.0 Å². The lowest BCUT2D eigenvalue weighted by Crippen LogP contribution is -2.32. The lowest BCUT2D eigenvalue weighted by molar-refractivity contribution is -0.119. The molecule has 0 heterocycles. The van der Waals surface area contributed by atoms with E-state index in [1.54, 1.807) is 0 Å². The number of halogens is 2. The maximum Gasteiger partial charge on any atom is 0.230 e. The third kappa shape index (κ3) is 4.27. The summed E-state index contributed by atoms with van der Waals surface area (Å²) < 4.78 is 0. The van der Waals surface area contributed by atoms with E-state index in [-0.39, 0.29) is 11.9 Å². The minimum Gasteiger partial charge on any atom is -0.349 e. The van der Waals surface area contributed by atoms with E-state index in [1.165, 1.54) is 22.9 Å². The summed E-state index contributed by atoms with van der Waals surface area (Å²) >= 11 is 13.8. The van der Waals surface area contributed by atoms with Gasteiger partial charge in [-0.1, -0.05) is 53.5 Å². The largest absolute Gasteiger partial charge is 0.349 e. The van der Waals surface area contributed by atoms with Crippen LogP contribution in [-0.2, 0) is 17.0 Å². The molecule has 1 aliphatic carbocycles. The first-order valence-electron chi connectivity index (χ1n) is 8.03. The number of nitrogens with one attached hydrogen (secondary N) is 1. The van der Waals surface area contributed by atoms with Crippen LogP contribution in [0.2, 0.25) is 10.0 Å². The Balaban J connectivity index is 1.54. The number of hydrogen-bond acceptors (Lipinski definition) is 2. The molecule has 1 unspecified atom stereocenters. The highest BCUT2D eigenvalue weighted by Gasteiger charge is 2.21. The second-order valence-electron chi connectivity index (χ2n) is 5.90. The molecule has 0 saturated heterocycles. The molecule has 1 amide bonds. The lowest BCUT2D eigenvalue weighted by Gasteiger charge is -2.26. The van der Waals surface area contributed by atoms with E-state index >= 15 is 0 Å². The molecule has 0 aromatic heterocycles. The van der Waals surface area contributed by atoms with Crippen molar-refractivity contribution in [2.45, 2.75) is 31.1 Å². The summed E-state index contributed by atoms with van der Waals surface area (Å²) in [5.41, 5.74) is 3.50. The standard InChI is InChI=1S/C19H19Cl2NOS/c20-16-8-4-9-17(21)15(16)11-24-12-19(23)22-18-10-3-6-13-5-1-2-7-14(13)18/h1-2,4-5,7-9,18H,3,6,10-12H2,(H,22,23). The van der Waals surface area contributed by atoms with Crippen LogP contribution in [0.25, 0.3) is 0 Å². The van der Waals surface area contributed by atoms with Gasteiger partial charge in [0.15, 0.2) is 0 Å². The Labute approximate surface area is 156 Å². The smallest absolute Gasteiger partial charge is 0.230 e. The predicted octanol–water partition coefficient (Wildman–Crippen LogP) is 5.42. The third-order valence-corrected chi connectivity index (χ3v) is 5.91. The number of carbonyl (C=O) groups excluding carboxylic acids is 1. The van der Waals surface area contributed by atoms with Gasteiger partial charge in [0.05, 0.1) is 11.8 Å². The molecule has 0 spiro atoms. The predicted molar refractivity (Wildman–Crippen MR) is 103 cm³/mol. The molecule has 1 aliphatic rings. The van der Waals surface area contributed by atoms with Crippen molar-refractivity contribution in [3.8, 4) is 0 Å². The maximum atomic E-state index is 12.3. The number of rotatable bonds is 5. The SMILES string of the molecule is O=C(CSCc1c(Cl)cccc1Cl)NC1CCCc2ccccc21. The van der Waals surface area contributed by atoms with Crippen LogP contribution in [0.4, 0.5) is 0 Å². The summed E-state index contributed by atoms with van der Waals surface area (Å²) in [4.78, 5) is 12.3. The quantitative estimate of drug-likeness (QED) is 0.750. The lowest BCUT2D eigenvalue weighted by atomic mass is 9.88. The van der Waals surface area contributed by atoms with Gasteiger partial charge in [0, 0.05) is 15.8 Å². The number of thioether (sulfide) groups is 1. The molecule has 24 heavy (non-hydrogen) atoms. The minimum atomic E-state index is 0.0601. The highest BCUT2D eigenvalue weighted by Crippen LogP contribution is 2.30. The molecule has 0 bridgehead atoms. The van der Waals surface area contributed by atoms with Crippen LogP contribution in [0.1, 0.15) is 35.6 Å². The van der Waals surface area contributed by atoms with E-state index in [9.17, 15) is 4.79 Å². The summed E-state index contributed by atoms with van der Waals surface area (Å²) in [5.74, 6) is 1.10. The van der Waals surface area contributed by atoms with Gasteiger partial charge in [-0.2, -0.15) is 0 Å². The molecular weight excluding hydrogens is 361 g/mol. The first-order valence-corrected chi connectivity index (χ1v) is 9.94. The third-order valence-electron chi connectivity index (χ3n) is 4.25. The van der Waals surface area contributed by atoms with E-state index in [1.807, 2.05) is 24.3 Å². The number of carbonyl (C=O) groups is 1. The average Bonchev–Trinajstić information content (AvgIpc) is 2.58. The van der Waals surface area contributed by atoms with Crippen LogP contribution in [0.5, 0.6) is 0 Å². The second-order valence-corrected chi connectivity index (χ2v) is 7.70. The monoisotopic (exact) mass is 379 g/mol. The van der Waals surface area contributed by atoms with Gasteiger partial charge in [-0.25, -0.2) is 0 Å². The Morgan fingerprint density at radius 1 is 1.12 bits per heavy atom. The van der Waals surface area contributed by atoms with Crippen LogP contribution in [0.3, 0.4) is 0 Å². The molecule has 0 fully saturated rings. The molecule has 1 N–H and O–H groups in total. The van der Waals surface area contributed by atoms with Crippen molar-refractivity contribution in [1.29, 1.82) is 0 Å². The van der Waals surface area contributed by atoms with Crippen molar-refractivity contribution in [2.75, 3.05) is 5.75 Å². The average molecular weight is 380 g/mol. The molecular formula is C19H19Cl2NOS. The molecule has 126 valence electrons. The summed E-state index contributed by atoms with van der Waals surface area (Å²) in [6.07, 6.45) is 3.22. The fourth-order valence-corrected chi connectivity index (χ4v) is 4.63. The van der Waals surface area contributed by atoms with Gasteiger partial charge < -0.3 is 5.32 Å². The number of hydrogen-bond donors (Lipinski definition) is 1. The normalized spacial score (nSPS) is 16.5. The first-order chi connectivity index (χ1) is 11.6. The summed E-state index contributed by atoms with van der Waals surface area (Å²) in [6, 6.07) is 14.0. The second kappa shape index (κ2) is 8.28.